The van der Waals surface area contributed by atoms with E-state index >= 15 is 0 Å². The van der Waals surface area contributed by atoms with Gasteiger partial charge in [0.25, 0.3) is 0 Å². The third-order valence-electron chi connectivity index (χ3n) is 4.87. The molecule has 6 heteroatoms. The van der Waals surface area contributed by atoms with E-state index in [9.17, 15) is 4.79 Å². The summed E-state index contributed by atoms with van der Waals surface area (Å²) >= 11 is 0. The summed E-state index contributed by atoms with van der Waals surface area (Å²) in [4.78, 5) is 18.6. The van der Waals surface area contributed by atoms with Gasteiger partial charge in [0, 0.05) is 25.0 Å². The molecule has 0 bridgehead atoms. The lowest BCUT2D eigenvalue weighted by atomic mass is 9.89. The van der Waals surface area contributed by atoms with Crippen molar-refractivity contribution in [2.24, 2.45) is 11.8 Å². The third kappa shape index (κ3) is 3.32. The first-order valence-electron chi connectivity index (χ1n) is 8.43. The highest BCUT2D eigenvalue weighted by atomic mass is 16.5. The molecule has 1 aromatic heterocycles. The Hall–Kier alpha value is -1.43. The van der Waals surface area contributed by atoms with Gasteiger partial charge in [-0.1, -0.05) is 18.5 Å². The second-order valence-corrected chi connectivity index (χ2v) is 6.69. The van der Waals surface area contributed by atoms with Crippen LogP contribution in [-0.2, 0) is 4.79 Å². The average molecular weight is 306 g/mol. The molecule has 1 saturated carbocycles. The summed E-state index contributed by atoms with van der Waals surface area (Å²) in [5, 5.41) is 7.47. The molecule has 6 nitrogen and oxygen atoms in total. The maximum absolute atomic E-state index is 12.2. The van der Waals surface area contributed by atoms with Gasteiger partial charge in [-0.15, -0.1) is 0 Å². The zero-order valence-electron chi connectivity index (χ0n) is 13.7. The van der Waals surface area contributed by atoms with Crippen LogP contribution >= 0.6 is 0 Å². The van der Waals surface area contributed by atoms with Crippen LogP contribution in [0.5, 0.6) is 0 Å². The number of rotatable bonds is 5. The predicted molar refractivity (Wildman–Crippen MR) is 82.1 cm³/mol. The SMILES string of the molecule is CC[C@@H]1CN(C(=O)C2CC2)CC[C@H]1N[C@@H](C)c1nc(C)no1. The quantitative estimate of drug-likeness (QED) is 0.901. The lowest BCUT2D eigenvalue weighted by Gasteiger charge is -2.39. The van der Waals surface area contributed by atoms with Gasteiger partial charge in [-0.25, -0.2) is 0 Å². The highest BCUT2D eigenvalue weighted by molar-refractivity contribution is 5.81. The van der Waals surface area contributed by atoms with Crippen molar-refractivity contribution < 1.29 is 9.32 Å². The molecule has 0 spiro atoms. The van der Waals surface area contributed by atoms with Gasteiger partial charge in [-0.05, 0) is 39.0 Å². The summed E-state index contributed by atoms with van der Waals surface area (Å²) in [6, 6.07) is 0.446. The molecule has 1 amide bonds. The van der Waals surface area contributed by atoms with E-state index in [0.717, 1.165) is 38.8 Å². The molecule has 1 saturated heterocycles. The van der Waals surface area contributed by atoms with Crippen molar-refractivity contribution in [3.8, 4) is 0 Å². The molecule has 3 atom stereocenters. The number of aromatic nitrogens is 2. The Balaban J connectivity index is 1.58. The first-order chi connectivity index (χ1) is 10.6. The fourth-order valence-corrected chi connectivity index (χ4v) is 3.34. The number of likely N-dealkylation sites (tertiary alicyclic amines) is 1. The highest BCUT2D eigenvalue weighted by Crippen LogP contribution is 2.33. The van der Waals surface area contributed by atoms with Gasteiger partial charge < -0.3 is 14.7 Å². The number of hydrogen-bond acceptors (Lipinski definition) is 5. The summed E-state index contributed by atoms with van der Waals surface area (Å²) in [7, 11) is 0. The zero-order valence-corrected chi connectivity index (χ0v) is 13.7. The number of amides is 1. The number of carbonyl (C=O) groups excluding carboxylic acids is 1. The summed E-state index contributed by atoms with van der Waals surface area (Å²) in [5.41, 5.74) is 0. The Morgan fingerprint density at radius 1 is 1.45 bits per heavy atom. The van der Waals surface area contributed by atoms with Crippen molar-refractivity contribution in [3.63, 3.8) is 0 Å². The molecule has 3 rings (SSSR count). The molecule has 2 fully saturated rings. The van der Waals surface area contributed by atoms with Gasteiger partial charge in [0.05, 0.1) is 6.04 Å². The number of nitrogens with zero attached hydrogens (tertiary/aromatic N) is 3. The topological polar surface area (TPSA) is 71.3 Å². The Bertz CT molecular complexity index is 526. The molecule has 0 unspecified atom stereocenters. The molecule has 1 aliphatic carbocycles. The van der Waals surface area contributed by atoms with Crippen molar-refractivity contribution in [2.75, 3.05) is 13.1 Å². The molecule has 1 N–H and O–H groups in total. The number of carbonyl (C=O) groups is 1. The van der Waals surface area contributed by atoms with E-state index in [1.54, 1.807) is 0 Å². The molecule has 1 aliphatic heterocycles. The molecule has 22 heavy (non-hydrogen) atoms. The number of nitrogens with one attached hydrogen (secondary N) is 1. The number of hydrogen-bond donors (Lipinski definition) is 1. The molecule has 1 aromatic rings. The lowest BCUT2D eigenvalue weighted by molar-refractivity contribution is -0.134. The first kappa shape index (κ1) is 15.5. The number of aryl methyl sites for hydroxylation is 1. The first-order valence-corrected chi connectivity index (χ1v) is 8.43. The third-order valence-corrected chi connectivity index (χ3v) is 4.87. The molecular formula is C16H26N4O2. The minimum Gasteiger partial charge on any atom is -0.342 e. The predicted octanol–water partition coefficient (Wildman–Crippen LogP) is 2.07. The Kier molecular flexibility index (Phi) is 4.47. The van der Waals surface area contributed by atoms with Crippen LogP contribution in [0.1, 0.15) is 57.3 Å². The van der Waals surface area contributed by atoms with E-state index in [0.29, 0.717) is 35.5 Å². The monoisotopic (exact) mass is 306 g/mol. The molecule has 0 aromatic carbocycles. The smallest absolute Gasteiger partial charge is 0.243 e. The van der Waals surface area contributed by atoms with Crippen molar-refractivity contribution in [1.82, 2.24) is 20.4 Å². The van der Waals surface area contributed by atoms with Crippen molar-refractivity contribution in [1.29, 1.82) is 0 Å². The van der Waals surface area contributed by atoms with Gasteiger partial charge >= 0.3 is 0 Å². The number of piperidine rings is 1. The van der Waals surface area contributed by atoms with Gasteiger partial charge in [0.15, 0.2) is 5.82 Å². The van der Waals surface area contributed by atoms with E-state index in [-0.39, 0.29) is 6.04 Å². The van der Waals surface area contributed by atoms with Crippen LogP contribution in [0.2, 0.25) is 0 Å². The zero-order chi connectivity index (χ0) is 15.7. The second-order valence-electron chi connectivity index (χ2n) is 6.69. The summed E-state index contributed by atoms with van der Waals surface area (Å²) in [5.74, 6) is 2.49. The maximum Gasteiger partial charge on any atom is 0.243 e. The van der Waals surface area contributed by atoms with Gasteiger partial charge in [0.1, 0.15) is 0 Å². The van der Waals surface area contributed by atoms with Crippen molar-refractivity contribution in [2.45, 2.75) is 58.5 Å². The standard InChI is InChI=1S/C16H26N4O2/c1-4-12-9-20(16(21)13-5-6-13)8-7-14(12)17-10(2)15-18-11(3)19-22-15/h10,12-14,17H,4-9H2,1-3H3/t10-,12+,14+/m0/s1. The van der Waals surface area contributed by atoms with Gasteiger partial charge in [0.2, 0.25) is 11.8 Å². The highest BCUT2D eigenvalue weighted by Gasteiger charge is 2.38. The Labute approximate surface area is 131 Å². The minimum absolute atomic E-state index is 0.0472. The van der Waals surface area contributed by atoms with E-state index in [1.807, 2.05) is 6.92 Å². The van der Waals surface area contributed by atoms with Crippen molar-refractivity contribution in [3.05, 3.63) is 11.7 Å². The van der Waals surface area contributed by atoms with Gasteiger partial charge in [-0.3, -0.25) is 4.79 Å². The van der Waals surface area contributed by atoms with Crippen LogP contribution in [0.15, 0.2) is 4.52 Å². The maximum atomic E-state index is 12.2. The van der Waals surface area contributed by atoms with E-state index < -0.39 is 0 Å². The average Bonchev–Trinajstić information content (AvgIpc) is 3.28. The summed E-state index contributed by atoms with van der Waals surface area (Å²) in [6.07, 6.45) is 4.23. The van der Waals surface area contributed by atoms with E-state index in [1.165, 1.54) is 0 Å². The van der Waals surface area contributed by atoms with E-state index in [2.05, 4.69) is 34.2 Å². The molecular weight excluding hydrogens is 280 g/mol. The summed E-state index contributed by atoms with van der Waals surface area (Å²) < 4.78 is 5.25. The van der Waals surface area contributed by atoms with E-state index in [4.69, 9.17) is 4.52 Å². The largest absolute Gasteiger partial charge is 0.342 e. The van der Waals surface area contributed by atoms with Crippen LogP contribution < -0.4 is 5.32 Å². The normalized spacial score (nSPS) is 27.0. The fourth-order valence-electron chi connectivity index (χ4n) is 3.34. The minimum atomic E-state index is 0.0472. The van der Waals surface area contributed by atoms with Gasteiger partial charge in [-0.2, -0.15) is 4.98 Å². The van der Waals surface area contributed by atoms with Crippen molar-refractivity contribution >= 4 is 5.91 Å². The molecule has 122 valence electrons. The van der Waals surface area contributed by atoms with Crippen LogP contribution in [-0.4, -0.2) is 40.1 Å². The molecule has 2 aliphatic rings. The van der Waals surface area contributed by atoms with Crippen LogP contribution in [0.4, 0.5) is 0 Å². The molecule has 0 radical (unpaired) electrons. The fraction of sp³-hybridized carbons (Fsp3) is 0.812. The van der Waals surface area contributed by atoms with Crippen LogP contribution in [0, 0.1) is 18.8 Å². The lowest BCUT2D eigenvalue weighted by Crippen LogP contribution is -2.51. The van der Waals surface area contributed by atoms with Crippen LogP contribution in [0.25, 0.3) is 0 Å². The van der Waals surface area contributed by atoms with Crippen LogP contribution in [0.3, 0.4) is 0 Å². The second kappa shape index (κ2) is 6.36. The summed E-state index contributed by atoms with van der Waals surface area (Å²) in [6.45, 7) is 7.82. The Morgan fingerprint density at radius 2 is 2.23 bits per heavy atom. The molecule has 2 heterocycles. The Morgan fingerprint density at radius 3 is 2.82 bits per heavy atom.